The van der Waals surface area contributed by atoms with Gasteiger partial charge in [-0.15, -0.1) is 11.6 Å². The normalized spacial score (nSPS) is 18.4. The zero-order chi connectivity index (χ0) is 14.4. The van der Waals surface area contributed by atoms with Crippen molar-refractivity contribution in [1.82, 2.24) is 4.90 Å². The number of benzene rings is 1. The molecule has 1 aliphatic rings. The smallest absolute Gasteiger partial charge is 0.123 e. The first-order valence-electron chi connectivity index (χ1n) is 7.33. The fourth-order valence-corrected chi connectivity index (χ4v) is 3.09. The molecular formula is C16H24ClNO2. The van der Waals surface area contributed by atoms with Gasteiger partial charge < -0.3 is 14.4 Å². The number of ether oxygens (including phenoxy) is 2. The summed E-state index contributed by atoms with van der Waals surface area (Å²) >= 11 is 6.63. The van der Waals surface area contributed by atoms with Gasteiger partial charge in [0.05, 0.1) is 19.6 Å². The van der Waals surface area contributed by atoms with Gasteiger partial charge in [0, 0.05) is 12.1 Å². The molecule has 0 N–H and O–H groups in total. The molecule has 20 heavy (non-hydrogen) atoms. The lowest BCUT2D eigenvalue weighted by molar-refractivity contribution is 0.283. The SMILES string of the molecule is COc1ccc(OC)c(C(Cl)CN2CCCCCC2)c1. The number of likely N-dealkylation sites (tertiary alicyclic amines) is 1. The van der Waals surface area contributed by atoms with E-state index in [0.29, 0.717) is 0 Å². The lowest BCUT2D eigenvalue weighted by Gasteiger charge is -2.24. The number of hydrogen-bond donors (Lipinski definition) is 0. The van der Waals surface area contributed by atoms with Crippen molar-refractivity contribution >= 4 is 11.6 Å². The number of rotatable bonds is 5. The molecule has 0 saturated carbocycles. The Kier molecular flexibility index (Phi) is 5.99. The molecule has 1 aliphatic heterocycles. The number of alkyl halides is 1. The third kappa shape index (κ3) is 4.03. The molecule has 1 aromatic rings. The predicted octanol–water partition coefficient (Wildman–Crippen LogP) is 3.86. The number of methoxy groups -OCH3 is 2. The maximum Gasteiger partial charge on any atom is 0.123 e. The van der Waals surface area contributed by atoms with Crippen LogP contribution in [0.4, 0.5) is 0 Å². The monoisotopic (exact) mass is 297 g/mol. The van der Waals surface area contributed by atoms with Crippen LogP contribution in [0.5, 0.6) is 11.5 Å². The largest absolute Gasteiger partial charge is 0.497 e. The Morgan fingerprint density at radius 1 is 1.10 bits per heavy atom. The summed E-state index contributed by atoms with van der Waals surface area (Å²) in [5.74, 6) is 1.66. The van der Waals surface area contributed by atoms with Gasteiger partial charge in [0.25, 0.3) is 0 Å². The fraction of sp³-hybridized carbons (Fsp3) is 0.625. The average Bonchev–Trinajstić information content (AvgIpc) is 2.75. The highest BCUT2D eigenvalue weighted by Crippen LogP contribution is 2.33. The summed E-state index contributed by atoms with van der Waals surface area (Å²) in [6.45, 7) is 3.16. The van der Waals surface area contributed by atoms with E-state index < -0.39 is 0 Å². The van der Waals surface area contributed by atoms with Gasteiger partial charge in [-0.05, 0) is 44.1 Å². The Hall–Kier alpha value is -0.930. The summed E-state index contributed by atoms with van der Waals surface area (Å²) in [6, 6.07) is 5.80. The first-order chi connectivity index (χ1) is 9.74. The predicted molar refractivity (Wildman–Crippen MR) is 83.0 cm³/mol. The number of halogens is 1. The van der Waals surface area contributed by atoms with Crippen molar-refractivity contribution in [1.29, 1.82) is 0 Å². The number of nitrogens with zero attached hydrogens (tertiary/aromatic N) is 1. The van der Waals surface area contributed by atoms with Crippen LogP contribution in [-0.2, 0) is 0 Å². The first kappa shape index (κ1) is 15.5. The number of hydrogen-bond acceptors (Lipinski definition) is 3. The molecule has 3 nitrogen and oxygen atoms in total. The standard InChI is InChI=1S/C16H24ClNO2/c1-19-13-7-8-16(20-2)14(11-13)15(17)12-18-9-5-3-4-6-10-18/h7-8,11,15H,3-6,9-10,12H2,1-2H3. The molecular weight excluding hydrogens is 274 g/mol. The van der Waals surface area contributed by atoms with Crippen molar-refractivity contribution in [3.05, 3.63) is 23.8 Å². The van der Waals surface area contributed by atoms with E-state index in [4.69, 9.17) is 21.1 Å². The highest BCUT2D eigenvalue weighted by Gasteiger charge is 2.19. The van der Waals surface area contributed by atoms with Crippen LogP contribution >= 0.6 is 11.6 Å². The Labute approximate surface area is 126 Å². The van der Waals surface area contributed by atoms with Crippen molar-refractivity contribution in [2.75, 3.05) is 33.9 Å². The zero-order valence-corrected chi connectivity index (χ0v) is 13.2. The van der Waals surface area contributed by atoms with E-state index in [9.17, 15) is 0 Å². The molecule has 1 atom stereocenters. The molecule has 1 heterocycles. The molecule has 1 fully saturated rings. The second-order valence-corrected chi connectivity index (χ2v) is 5.82. The van der Waals surface area contributed by atoms with Crippen LogP contribution in [-0.4, -0.2) is 38.8 Å². The summed E-state index contributed by atoms with van der Waals surface area (Å²) in [5, 5.41) is -0.0712. The van der Waals surface area contributed by atoms with E-state index in [1.54, 1.807) is 14.2 Å². The first-order valence-corrected chi connectivity index (χ1v) is 7.76. The summed E-state index contributed by atoms with van der Waals surface area (Å²) < 4.78 is 10.7. The minimum atomic E-state index is -0.0712. The van der Waals surface area contributed by atoms with Crippen molar-refractivity contribution in [2.45, 2.75) is 31.1 Å². The highest BCUT2D eigenvalue weighted by atomic mass is 35.5. The van der Waals surface area contributed by atoms with Gasteiger partial charge in [-0.3, -0.25) is 0 Å². The van der Waals surface area contributed by atoms with E-state index in [1.807, 2.05) is 18.2 Å². The van der Waals surface area contributed by atoms with Crippen LogP contribution in [0.3, 0.4) is 0 Å². The molecule has 0 spiro atoms. The second-order valence-electron chi connectivity index (χ2n) is 5.29. The fourth-order valence-electron chi connectivity index (χ4n) is 2.73. The lowest BCUT2D eigenvalue weighted by Crippen LogP contribution is -2.28. The van der Waals surface area contributed by atoms with Crippen molar-refractivity contribution in [3.63, 3.8) is 0 Å². The van der Waals surface area contributed by atoms with Gasteiger partial charge >= 0.3 is 0 Å². The quantitative estimate of drug-likeness (QED) is 0.770. The lowest BCUT2D eigenvalue weighted by atomic mass is 10.1. The molecule has 112 valence electrons. The molecule has 2 rings (SSSR count). The van der Waals surface area contributed by atoms with E-state index in [2.05, 4.69) is 4.90 Å². The molecule has 0 aliphatic carbocycles. The van der Waals surface area contributed by atoms with Crippen molar-refractivity contribution < 1.29 is 9.47 Å². The minimum absolute atomic E-state index is 0.0712. The van der Waals surface area contributed by atoms with Gasteiger partial charge in [-0.1, -0.05) is 12.8 Å². The second kappa shape index (κ2) is 7.75. The van der Waals surface area contributed by atoms with Gasteiger partial charge in [-0.2, -0.15) is 0 Å². The molecule has 0 amide bonds. The molecule has 1 unspecified atom stereocenters. The zero-order valence-electron chi connectivity index (χ0n) is 12.4. The van der Waals surface area contributed by atoms with Crippen molar-refractivity contribution in [3.8, 4) is 11.5 Å². The van der Waals surface area contributed by atoms with E-state index in [0.717, 1.165) is 36.7 Å². The average molecular weight is 298 g/mol. The Morgan fingerprint density at radius 3 is 2.40 bits per heavy atom. The van der Waals surface area contributed by atoms with Crippen LogP contribution in [0.25, 0.3) is 0 Å². The Bertz CT molecular complexity index is 417. The van der Waals surface area contributed by atoms with Crippen LogP contribution < -0.4 is 9.47 Å². The maximum absolute atomic E-state index is 6.63. The molecule has 0 aromatic heterocycles. The topological polar surface area (TPSA) is 21.7 Å². The van der Waals surface area contributed by atoms with E-state index in [1.165, 1.54) is 25.7 Å². The molecule has 0 radical (unpaired) electrons. The summed E-state index contributed by atoms with van der Waals surface area (Å²) in [6.07, 6.45) is 5.23. The van der Waals surface area contributed by atoms with Gasteiger partial charge in [0.2, 0.25) is 0 Å². The minimum Gasteiger partial charge on any atom is -0.497 e. The third-order valence-electron chi connectivity index (χ3n) is 3.89. The molecule has 1 saturated heterocycles. The highest BCUT2D eigenvalue weighted by molar-refractivity contribution is 6.21. The van der Waals surface area contributed by atoms with Crippen LogP contribution in [0, 0.1) is 0 Å². The molecule has 4 heteroatoms. The van der Waals surface area contributed by atoms with Crippen LogP contribution in [0.2, 0.25) is 0 Å². The molecule has 0 bridgehead atoms. The van der Waals surface area contributed by atoms with Crippen molar-refractivity contribution in [2.24, 2.45) is 0 Å². The Balaban J connectivity index is 2.08. The maximum atomic E-state index is 6.63. The summed E-state index contributed by atoms with van der Waals surface area (Å²) in [4.78, 5) is 2.46. The van der Waals surface area contributed by atoms with E-state index in [-0.39, 0.29) is 5.38 Å². The molecule has 1 aromatic carbocycles. The van der Waals surface area contributed by atoms with Gasteiger partial charge in [0.1, 0.15) is 11.5 Å². The summed E-state index contributed by atoms with van der Waals surface area (Å²) in [5.41, 5.74) is 1.01. The third-order valence-corrected chi connectivity index (χ3v) is 4.26. The van der Waals surface area contributed by atoms with Gasteiger partial charge in [-0.25, -0.2) is 0 Å². The Morgan fingerprint density at radius 2 is 1.80 bits per heavy atom. The summed E-state index contributed by atoms with van der Waals surface area (Å²) in [7, 11) is 3.35. The van der Waals surface area contributed by atoms with Crippen LogP contribution in [0.15, 0.2) is 18.2 Å². The van der Waals surface area contributed by atoms with E-state index >= 15 is 0 Å². The van der Waals surface area contributed by atoms with Crippen LogP contribution in [0.1, 0.15) is 36.6 Å². The van der Waals surface area contributed by atoms with Gasteiger partial charge in [0.15, 0.2) is 0 Å².